The van der Waals surface area contributed by atoms with Crippen LogP contribution in [0.1, 0.15) is 22.3 Å². The lowest BCUT2D eigenvalue weighted by Crippen LogP contribution is -2.24. The number of sulfonamides is 1. The van der Waals surface area contributed by atoms with Crippen LogP contribution in [0.5, 0.6) is 5.75 Å². The van der Waals surface area contributed by atoms with Gasteiger partial charge in [0.05, 0.1) is 11.9 Å². The zero-order valence-corrected chi connectivity index (χ0v) is 22.6. The van der Waals surface area contributed by atoms with E-state index < -0.39 is 21.7 Å². The van der Waals surface area contributed by atoms with Crippen molar-refractivity contribution in [1.29, 1.82) is 0 Å². The molecule has 4 aromatic rings. The molecule has 4 aromatic carbocycles. The van der Waals surface area contributed by atoms with Crippen LogP contribution in [0.4, 0.5) is 20.2 Å². The minimum atomic E-state index is -3.49. The highest BCUT2D eigenvalue weighted by Gasteiger charge is 2.17. The minimum Gasteiger partial charge on any atom is -0.490 e. The first-order valence-corrected chi connectivity index (χ1v) is 14.3. The van der Waals surface area contributed by atoms with Crippen molar-refractivity contribution < 1.29 is 21.9 Å². The molecule has 0 aliphatic carbocycles. The Bertz CT molecular complexity index is 1540. The molecule has 4 rings (SSSR count). The summed E-state index contributed by atoms with van der Waals surface area (Å²) in [6.07, 6.45) is 5.03. The number of hydrogen-bond donors (Lipinski definition) is 1. The summed E-state index contributed by atoms with van der Waals surface area (Å²) in [5.74, 6) is -0.578. The van der Waals surface area contributed by atoms with Crippen LogP contribution in [-0.4, -0.2) is 21.3 Å². The van der Waals surface area contributed by atoms with E-state index in [2.05, 4.69) is 4.72 Å². The molecule has 0 unspecified atom stereocenters. The molecule has 39 heavy (non-hydrogen) atoms. The molecule has 0 fully saturated rings. The SMILES string of the molecule is Cc1c(NS(C)(=O)=O)cccc1N(Cc1ccc(OCC=Cc2ccccc2)cc1)Cc1ccc(F)cc1F. The second-order valence-electron chi connectivity index (χ2n) is 9.18. The van der Waals surface area contributed by atoms with Crippen molar-refractivity contribution in [2.45, 2.75) is 20.0 Å². The van der Waals surface area contributed by atoms with E-state index in [-0.39, 0.29) is 6.54 Å². The zero-order chi connectivity index (χ0) is 27.8. The van der Waals surface area contributed by atoms with Crippen molar-refractivity contribution in [2.24, 2.45) is 0 Å². The summed E-state index contributed by atoms with van der Waals surface area (Å²) in [6, 6.07) is 26.3. The van der Waals surface area contributed by atoms with Gasteiger partial charge in [-0.2, -0.15) is 0 Å². The van der Waals surface area contributed by atoms with Gasteiger partial charge in [-0.3, -0.25) is 4.72 Å². The molecular formula is C31H30F2N2O3S. The summed E-state index contributed by atoms with van der Waals surface area (Å²) in [4.78, 5) is 1.93. The van der Waals surface area contributed by atoms with Gasteiger partial charge in [-0.25, -0.2) is 17.2 Å². The van der Waals surface area contributed by atoms with Gasteiger partial charge in [0.25, 0.3) is 0 Å². The van der Waals surface area contributed by atoms with Gasteiger partial charge in [0, 0.05) is 30.4 Å². The lowest BCUT2D eigenvalue weighted by atomic mass is 10.1. The van der Waals surface area contributed by atoms with E-state index in [0.717, 1.165) is 29.1 Å². The molecule has 0 aromatic heterocycles. The van der Waals surface area contributed by atoms with Crippen molar-refractivity contribution in [3.8, 4) is 5.75 Å². The summed E-state index contributed by atoms with van der Waals surface area (Å²) in [6.45, 7) is 2.77. The first-order valence-electron chi connectivity index (χ1n) is 12.4. The van der Waals surface area contributed by atoms with E-state index in [1.807, 2.05) is 77.7 Å². The Balaban J connectivity index is 1.53. The molecule has 0 aliphatic heterocycles. The smallest absolute Gasteiger partial charge is 0.229 e. The quantitative estimate of drug-likeness (QED) is 0.221. The highest BCUT2D eigenvalue weighted by Crippen LogP contribution is 2.30. The average molecular weight is 549 g/mol. The van der Waals surface area contributed by atoms with Crippen molar-refractivity contribution in [3.63, 3.8) is 0 Å². The molecule has 0 amide bonds. The maximum absolute atomic E-state index is 14.6. The van der Waals surface area contributed by atoms with E-state index in [9.17, 15) is 17.2 Å². The number of nitrogens with one attached hydrogen (secondary N) is 1. The van der Waals surface area contributed by atoms with Gasteiger partial charge in [-0.15, -0.1) is 0 Å². The van der Waals surface area contributed by atoms with Gasteiger partial charge in [-0.1, -0.05) is 60.7 Å². The second kappa shape index (κ2) is 12.6. The summed E-state index contributed by atoms with van der Waals surface area (Å²) in [5, 5.41) is 0. The topological polar surface area (TPSA) is 58.6 Å². The fourth-order valence-electron chi connectivity index (χ4n) is 4.16. The Labute approximate surface area is 228 Å². The maximum Gasteiger partial charge on any atom is 0.229 e. The molecule has 5 nitrogen and oxygen atoms in total. The zero-order valence-electron chi connectivity index (χ0n) is 21.8. The standard InChI is InChI=1S/C31H30F2N2O3S/c1-23-30(34-39(2,36)37)11-6-12-31(23)35(22-26-15-16-27(32)20-29(26)33)21-25-13-17-28(18-14-25)38-19-7-10-24-8-4-3-5-9-24/h3-18,20,34H,19,21-22H2,1-2H3. The Morgan fingerprint density at radius 1 is 0.897 bits per heavy atom. The molecular weight excluding hydrogens is 518 g/mol. The van der Waals surface area contributed by atoms with E-state index >= 15 is 0 Å². The van der Waals surface area contributed by atoms with Gasteiger partial charge in [-0.05, 0) is 60.0 Å². The molecule has 202 valence electrons. The summed E-state index contributed by atoms with van der Waals surface area (Å²) in [7, 11) is -3.49. The number of anilines is 2. The van der Waals surface area contributed by atoms with Crippen LogP contribution in [0.15, 0.2) is 97.1 Å². The molecule has 1 N–H and O–H groups in total. The van der Waals surface area contributed by atoms with Crippen LogP contribution in [0.3, 0.4) is 0 Å². The molecule has 0 spiro atoms. The fraction of sp³-hybridized carbons (Fsp3) is 0.161. The third-order valence-corrected chi connectivity index (χ3v) is 6.66. The molecule has 0 bridgehead atoms. The van der Waals surface area contributed by atoms with E-state index in [0.29, 0.717) is 35.7 Å². The van der Waals surface area contributed by atoms with Crippen LogP contribution < -0.4 is 14.4 Å². The lowest BCUT2D eigenvalue weighted by Gasteiger charge is -2.28. The van der Waals surface area contributed by atoms with Gasteiger partial charge < -0.3 is 9.64 Å². The fourth-order valence-corrected chi connectivity index (χ4v) is 4.78. The van der Waals surface area contributed by atoms with Crippen LogP contribution in [0.2, 0.25) is 0 Å². The van der Waals surface area contributed by atoms with Crippen LogP contribution in [0.25, 0.3) is 6.08 Å². The van der Waals surface area contributed by atoms with E-state index in [1.54, 1.807) is 19.1 Å². The first kappa shape index (κ1) is 27.9. The average Bonchev–Trinajstić information content (AvgIpc) is 2.90. The minimum absolute atomic E-state index is 0.151. The second-order valence-corrected chi connectivity index (χ2v) is 10.9. The predicted molar refractivity (Wildman–Crippen MR) is 153 cm³/mol. The monoisotopic (exact) mass is 548 g/mol. The summed E-state index contributed by atoms with van der Waals surface area (Å²) < 4.78 is 60.2. The Morgan fingerprint density at radius 3 is 2.33 bits per heavy atom. The Morgan fingerprint density at radius 2 is 1.64 bits per heavy atom. The summed E-state index contributed by atoms with van der Waals surface area (Å²) >= 11 is 0. The largest absolute Gasteiger partial charge is 0.490 e. The normalized spacial score (nSPS) is 11.5. The van der Waals surface area contributed by atoms with Crippen molar-refractivity contribution in [1.82, 2.24) is 0 Å². The molecule has 0 aliphatic rings. The predicted octanol–water partition coefficient (Wildman–Crippen LogP) is 6.94. The Hall–Kier alpha value is -4.17. The van der Waals surface area contributed by atoms with Crippen molar-refractivity contribution in [3.05, 3.63) is 131 Å². The van der Waals surface area contributed by atoms with Crippen LogP contribution >= 0.6 is 0 Å². The molecule has 0 heterocycles. The third kappa shape index (κ3) is 8.15. The number of hydrogen-bond acceptors (Lipinski definition) is 4. The van der Waals surface area contributed by atoms with Crippen LogP contribution in [-0.2, 0) is 23.1 Å². The van der Waals surface area contributed by atoms with Crippen molar-refractivity contribution in [2.75, 3.05) is 22.5 Å². The number of halogens is 2. The number of ether oxygens (including phenoxy) is 1. The number of rotatable bonds is 11. The van der Waals surface area contributed by atoms with Crippen molar-refractivity contribution >= 4 is 27.5 Å². The van der Waals surface area contributed by atoms with Crippen LogP contribution in [0, 0.1) is 18.6 Å². The van der Waals surface area contributed by atoms with Gasteiger partial charge in [0.1, 0.15) is 24.0 Å². The molecule has 8 heteroatoms. The highest BCUT2D eigenvalue weighted by atomic mass is 32.2. The molecule has 0 saturated carbocycles. The highest BCUT2D eigenvalue weighted by molar-refractivity contribution is 7.92. The number of nitrogens with zero attached hydrogens (tertiary/aromatic N) is 1. The van der Waals surface area contributed by atoms with Gasteiger partial charge >= 0.3 is 0 Å². The molecule has 0 saturated heterocycles. The maximum atomic E-state index is 14.6. The summed E-state index contributed by atoms with van der Waals surface area (Å²) in [5.41, 5.74) is 4.20. The van der Waals surface area contributed by atoms with Gasteiger partial charge in [0.15, 0.2) is 0 Å². The van der Waals surface area contributed by atoms with E-state index in [1.165, 1.54) is 12.1 Å². The van der Waals surface area contributed by atoms with Gasteiger partial charge in [0.2, 0.25) is 10.0 Å². The first-order chi connectivity index (χ1) is 18.7. The molecule has 0 atom stereocenters. The molecule has 0 radical (unpaired) electrons. The number of benzene rings is 4. The van der Waals surface area contributed by atoms with E-state index in [4.69, 9.17) is 4.74 Å². The Kier molecular flexibility index (Phi) is 8.99. The third-order valence-electron chi connectivity index (χ3n) is 6.07. The lowest BCUT2D eigenvalue weighted by molar-refractivity contribution is 0.363.